The lowest BCUT2D eigenvalue weighted by Gasteiger charge is -2.00. The van der Waals surface area contributed by atoms with Crippen molar-refractivity contribution in [1.82, 2.24) is 30.4 Å². The van der Waals surface area contributed by atoms with E-state index in [1.165, 1.54) is 40.2 Å². The number of aromatic nitrogens is 6. The smallest absolute Gasteiger partial charge is 0.248 e. The summed E-state index contributed by atoms with van der Waals surface area (Å²) in [7, 11) is 0. The minimum Gasteiger partial charge on any atom is -0.299 e. The highest BCUT2D eigenvalue weighted by Gasteiger charge is 2.10. The Morgan fingerprint density at radius 1 is 1.35 bits per heavy atom. The summed E-state index contributed by atoms with van der Waals surface area (Å²) in [6.07, 6.45) is 1.34. The molecule has 3 rings (SSSR count). The lowest BCUT2D eigenvalue weighted by atomic mass is 10.2. The van der Waals surface area contributed by atoms with Crippen LogP contribution in [0.25, 0.3) is 0 Å². The standard InChI is InChI=1S/C12H10FN7OS2/c13-9-4-2-1-3-8(9)6-22-12-17-16-11(23-12)15-10(21)5-20-7-14-18-19-20/h1-4,7H,5-6H2,(H,15,16,21). The van der Waals surface area contributed by atoms with Crippen LogP contribution < -0.4 is 5.32 Å². The van der Waals surface area contributed by atoms with Crippen LogP contribution >= 0.6 is 23.1 Å². The van der Waals surface area contributed by atoms with Crippen LogP contribution in [-0.2, 0) is 17.1 Å². The number of nitrogens with one attached hydrogen (secondary N) is 1. The Labute approximate surface area is 138 Å². The second kappa shape index (κ2) is 7.24. The van der Waals surface area contributed by atoms with Crippen LogP contribution in [0.3, 0.4) is 0 Å². The van der Waals surface area contributed by atoms with Gasteiger partial charge in [-0.3, -0.25) is 10.1 Å². The van der Waals surface area contributed by atoms with Gasteiger partial charge in [0.15, 0.2) is 4.34 Å². The molecule has 0 aliphatic heterocycles. The second-order valence-corrected chi connectivity index (χ2v) is 6.51. The van der Waals surface area contributed by atoms with E-state index in [0.717, 1.165) is 0 Å². The Morgan fingerprint density at radius 2 is 2.22 bits per heavy atom. The van der Waals surface area contributed by atoms with Crippen LogP contribution in [0.2, 0.25) is 0 Å². The molecule has 0 aliphatic carbocycles. The molecule has 0 saturated carbocycles. The van der Waals surface area contributed by atoms with Gasteiger partial charge in [-0.1, -0.05) is 41.3 Å². The number of carbonyl (C=O) groups excluding carboxylic acids is 1. The minimum atomic E-state index is -0.306. The maximum absolute atomic E-state index is 13.5. The molecule has 1 aromatic carbocycles. The fourth-order valence-corrected chi connectivity index (χ4v) is 3.39. The van der Waals surface area contributed by atoms with E-state index in [2.05, 4.69) is 31.0 Å². The first kappa shape index (κ1) is 15.5. The molecule has 0 aliphatic rings. The zero-order valence-corrected chi connectivity index (χ0v) is 13.2. The highest BCUT2D eigenvalue weighted by atomic mass is 32.2. The van der Waals surface area contributed by atoms with Crippen LogP contribution in [0, 0.1) is 5.82 Å². The Bertz CT molecular complexity index is 792. The average Bonchev–Trinajstić information content (AvgIpc) is 3.18. The third-order valence-corrected chi connectivity index (χ3v) is 4.68. The van der Waals surface area contributed by atoms with Crippen molar-refractivity contribution in [2.75, 3.05) is 5.32 Å². The van der Waals surface area contributed by atoms with E-state index in [1.807, 2.05) is 0 Å². The topological polar surface area (TPSA) is 98.5 Å². The predicted molar refractivity (Wildman–Crippen MR) is 82.3 cm³/mol. The number of tetrazole rings is 1. The number of hydrogen-bond donors (Lipinski definition) is 1. The second-order valence-electron chi connectivity index (χ2n) is 4.31. The van der Waals surface area contributed by atoms with Gasteiger partial charge in [0.05, 0.1) is 0 Å². The number of amides is 1. The van der Waals surface area contributed by atoms with Crippen molar-refractivity contribution < 1.29 is 9.18 Å². The van der Waals surface area contributed by atoms with Gasteiger partial charge in [0.1, 0.15) is 18.7 Å². The molecule has 0 fully saturated rings. The molecule has 0 bridgehead atoms. The number of carbonyl (C=O) groups is 1. The maximum atomic E-state index is 13.5. The van der Waals surface area contributed by atoms with E-state index < -0.39 is 0 Å². The van der Waals surface area contributed by atoms with Gasteiger partial charge >= 0.3 is 0 Å². The molecule has 3 aromatic rings. The lowest BCUT2D eigenvalue weighted by molar-refractivity contribution is -0.116. The van der Waals surface area contributed by atoms with E-state index in [4.69, 9.17) is 0 Å². The normalized spacial score (nSPS) is 10.7. The molecule has 1 amide bonds. The zero-order valence-electron chi connectivity index (χ0n) is 11.6. The largest absolute Gasteiger partial charge is 0.299 e. The fraction of sp³-hybridized carbons (Fsp3) is 0.167. The molecule has 0 saturated heterocycles. The molecule has 1 N–H and O–H groups in total. The Morgan fingerprint density at radius 3 is 3.00 bits per heavy atom. The molecule has 2 heterocycles. The van der Waals surface area contributed by atoms with E-state index in [9.17, 15) is 9.18 Å². The maximum Gasteiger partial charge on any atom is 0.248 e. The highest BCUT2D eigenvalue weighted by molar-refractivity contribution is 8.00. The number of nitrogens with zero attached hydrogens (tertiary/aromatic N) is 6. The highest BCUT2D eigenvalue weighted by Crippen LogP contribution is 2.28. The van der Waals surface area contributed by atoms with Crippen LogP contribution in [0.1, 0.15) is 5.56 Å². The van der Waals surface area contributed by atoms with Crippen molar-refractivity contribution in [2.24, 2.45) is 0 Å². The third-order valence-electron chi connectivity index (χ3n) is 2.66. The molecular formula is C12H10FN7OS2. The van der Waals surface area contributed by atoms with E-state index in [-0.39, 0.29) is 18.3 Å². The number of halogens is 1. The van der Waals surface area contributed by atoms with Crippen molar-refractivity contribution in [1.29, 1.82) is 0 Å². The van der Waals surface area contributed by atoms with E-state index >= 15 is 0 Å². The molecule has 0 unspecified atom stereocenters. The first-order chi connectivity index (χ1) is 11.2. The van der Waals surface area contributed by atoms with Gasteiger partial charge in [-0.05, 0) is 22.1 Å². The average molecular weight is 351 g/mol. The van der Waals surface area contributed by atoms with Crippen LogP contribution in [0.4, 0.5) is 9.52 Å². The Kier molecular flexibility index (Phi) is 4.88. The lowest BCUT2D eigenvalue weighted by Crippen LogP contribution is -2.19. The van der Waals surface area contributed by atoms with Crippen molar-refractivity contribution >= 4 is 34.1 Å². The van der Waals surface area contributed by atoms with Gasteiger partial charge in [-0.2, -0.15) is 0 Å². The number of benzene rings is 1. The van der Waals surface area contributed by atoms with Crippen molar-refractivity contribution in [3.63, 3.8) is 0 Å². The van der Waals surface area contributed by atoms with Crippen LogP contribution in [-0.4, -0.2) is 36.3 Å². The van der Waals surface area contributed by atoms with Crippen LogP contribution in [0.15, 0.2) is 34.9 Å². The van der Waals surface area contributed by atoms with Crippen LogP contribution in [0.5, 0.6) is 0 Å². The van der Waals surface area contributed by atoms with Crippen molar-refractivity contribution in [3.05, 3.63) is 42.0 Å². The molecule has 23 heavy (non-hydrogen) atoms. The monoisotopic (exact) mass is 351 g/mol. The van der Waals surface area contributed by atoms with Gasteiger partial charge < -0.3 is 0 Å². The Balaban J connectivity index is 1.53. The first-order valence-corrected chi connectivity index (χ1v) is 8.21. The SMILES string of the molecule is O=C(Cn1cnnn1)Nc1nnc(SCc2ccccc2F)s1. The number of thioether (sulfide) groups is 1. The third kappa shape index (κ3) is 4.29. The zero-order chi connectivity index (χ0) is 16.1. The summed E-state index contributed by atoms with van der Waals surface area (Å²) in [5, 5.41) is 21.3. The summed E-state index contributed by atoms with van der Waals surface area (Å²) in [5.74, 6) is -0.113. The molecule has 0 atom stereocenters. The summed E-state index contributed by atoms with van der Waals surface area (Å²) in [5.41, 5.74) is 0.594. The van der Waals surface area contributed by atoms with Gasteiger partial charge in [-0.15, -0.1) is 15.3 Å². The summed E-state index contributed by atoms with van der Waals surface area (Å²) < 4.78 is 15.5. The minimum absolute atomic E-state index is 0.00964. The molecule has 0 spiro atoms. The Hall–Kier alpha value is -2.40. The summed E-state index contributed by atoms with van der Waals surface area (Å²) in [4.78, 5) is 11.8. The fourth-order valence-electron chi connectivity index (χ4n) is 1.63. The van der Waals surface area contributed by atoms with E-state index in [1.54, 1.807) is 18.2 Å². The van der Waals surface area contributed by atoms with Crippen molar-refractivity contribution in [2.45, 2.75) is 16.6 Å². The molecule has 11 heteroatoms. The van der Waals surface area contributed by atoms with Gasteiger partial charge in [0.2, 0.25) is 11.0 Å². The van der Waals surface area contributed by atoms with Gasteiger partial charge in [-0.25, -0.2) is 9.07 Å². The van der Waals surface area contributed by atoms with Gasteiger partial charge in [0, 0.05) is 5.75 Å². The summed E-state index contributed by atoms with van der Waals surface area (Å²) in [6, 6.07) is 6.56. The first-order valence-electron chi connectivity index (χ1n) is 6.41. The van der Waals surface area contributed by atoms with Gasteiger partial charge in [0.25, 0.3) is 0 Å². The molecular weight excluding hydrogens is 341 g/mol. The molecule has 2 aromatic heterocycles. The molecule has 8 nitrogen and oxygen atoms in total. The summed E-state index contributed by atoms with van der Waals surface area (Å²) in [6.45, 7) is -0.00964. The van der Waals surface area contributed by atoms with E-state index in [0.29, 0.717) is 20.8 Å². The quantitative estimate of drug-likeness (QED) is 0.532. The number of anilines is 1. The molecule has 0 radical (unpaired) electrons. The van der Waals surface area contributed by atoms with Crippen molar-refractivity contribution in [3.8, 4) is 0 Å². The number of hydrogen-bond acceptors (Lipinski definition) is 8. The summed E-state index contributed by atoms with van der Waals surface area (Å²) >= 11 is 2.58. The predicted octanol–water partition coefficient (Wildman–Crippen LogP) is 1.59. The molecule has 118 valence electrons. The number of rotatable bonds is 6.